The first kappa shape index (κ1) is 39.1. The van der Waals surface area contributed by atoms with Crippen LogP contribution in [0.4, 0.5) is 16.0 Å². The Morgan fingerprint density at radius 3 is 2.57 bits per heavy atom. The molecule has 0 spiro atoms. The first-order valence-corrected chi connectivity index (χ1v) is 22.2. The largest absolute Gasteiger partial charge is 0.508 e. The number of phenols is 1. The van der Waals surface area contributed by atoms with Crippen LogP contribution >= 0.6 is 0 Å². The number of rotatable bonds is 12. The number of phenolic OH excluding ortho intramolecular Hbond substituents is 1. The first-order valence-electron chi connectivity index (χ1n) is 22.2. The number of piperazine rings is 1. The van der Waals surface area contributed by atoms with Crippen molar-refractivity contribution in [1.82, 2.24) is 35.2 Å². The average Bonchev–Trinajstić information content (AvgIpc) is 3.98. The molecule has 2 aromatic carbocycles. The van der Waals surface area contributed by atoms with E-state index in [-0.39, 0.29) is 35.3 Å². The van der Waals surface area contributed by atoms with Crippen LogP contribution in [-0.4, -0.2) is 118 Å². The lowest BCUT2D eigenvalue weighted by atomic mass is 9.83. The van der Waals surface area contributed by atoms with Gasteiger partial charge in [0.1, 0.15) is 35.1 Å². The molecular weight excluding hydrogens is 762 g/mol. The van der Waals surface area contributed by atoms with Crippen LogP contribution in [-0.2, 0) is 17.6 Å². The van der Waals surface area contributed by atoms with Gasteiger partial charge in [0, 0.05) is 75.2 Å². The lowest BCUT2D eigenvalue weighted by Crippen LogP contribution is -2.51. The van der Waals surface area contributed by atoms with Crippen molar-refractivity contribution in [3.63, 3.8) is 0 Å². The van der Waals surface area contributed by atoms with Crippen molar-refractivity contribution in [2.24, 2.45) is 11.8 Å². The van der Waals surface area contributed by atoms with Crippen molar-refractivity contribution in [3.05, 3.63) is 59.7 Å². The predicted molar refractivity (Wildman–Crippen MR) is 229 cm³/mol. The topological polar surface area (TPSA) is 136 Å². The van der Waals surface area contributed by atoms with Crippen LogP contribution in [0.3, 0.4) is 0 Å². The second-order valence-corrected chi connectivity index (χ2v) is 18.0. The van der Waals surface area contributed by atoms with Gasteiger partial charge in [-0.2, -0.15) is 9.97 Å². The van der Waals surface area contributed by atoms with Crippen LogP contribution in [0.15, 0.2) is 47.1 Å². The molecule has 2 bridgehead atoms. The minimum Gasteiger partial charge on any atom is -0.508 e. The third kappa shape index (κ3) is 7.72. The van der Waals surface area contributed by atoms with Crippen LogP contribution in [0.2, 0.25) is 0 Å². The number of ether oxygens (including phenoxy) is 1. The van der Waals surface area contributed by atoms with E-state index in [9.17, 15) is 9.90 Å². The number of likely N-dealkylation sites (tertiary alicyclic amines) is 2. The molecule has 3 unspecified atom stereocenters. The number of benzene rings is 2. The van der Waals surface area contributed by atoms with E-state index in [1.165, 1.54) is 6.42 Å². The molecule has 5 fully saturated rings. The number of pyridine rings is 1. The summed E-state index contributed by atoms with van der Waals surface area (Å²) in [5.41, 5.74) is 1.93. The van der Waals surface area contributed by atoms with Gasteiger partial charge in [0.2, 0.25) is 5.91 Å². The number of carbonyl (C=O) groups is 1. The number of piperidine rings is 1. The van der Waals surface area contributed by atoms with Crippen molar-refractivity contribution in [1.29, 1.82) is 0 Å². The van der Waals surface area contributed by atoms with Gasteiger partial charge in [-0.05, 0) is 112 Å². The van der Waals surface area contributed by atoms with E-state index in [4.69, 9.17) is 24.2 Å². The van der Waals surface area contributed by atoms with Gasteiger partial charge in [-0.1, -0.05) is 30.3 Å². The van der Waals surface area contributed by atoms with Crippen LogP contribution in [0.1, 0.15) is 70.1 Å². The fourth-order valence-electron chi connectivity index (χ4n) is 10.6. The summed E-state index contributed by atoms with van der Waals surface area (Å²) in [6.07, 6.45) is 10.6. The van der Waals surface area contributed by atoms with Gasteiger partial charge in [-0.3, -0.25) is 14.7 Å². The summed E-state index contributed by atoms with van der Waals surface area (Å²) in [6.45, 7) is 11.7. The SMILES string of the molecule is CCc1cccc2cc(O)cc(-c3ncc4c(N5CC6CCC(C5)N6)nc(OCCN5CCC(CC6CN(c7cc(CC(=O)N8CCCC8C)on7)C6)CC5)nc4c3F)c12. The Kier molecular flexibility index (Phi) is 10.7. The van der Waals surface area contributed by atoms with E-state index in [0.29, 0.717) is 59.1 Å². The van der Waals surface area contributed by atoms with E-state index >= 15 is 4.39 Å². The van der Waals surface area contributed by atoms with E-state index in [1.807, 2.05) is 29.2 Å². The number of carbonyl (C=O) groups excluding carboxylic acids is 1. The number of anilines is 2. The Morgan fingerprint density at radius 1 is 0.983 bits per heavy atom. The molecule has 14 heteroatoms. The first-order chi connectivity index (χ1) is 29.3. The van der Waals surface area contributed by atoms with E-state index in [0.717, 1.165) is 119 Å². The van der Waals surface area contributed by atoms with E-state index in [1.54, 1.807) is 18.3 Å². The zero-order valence-electron chi connectivity index (χ0n) is 34.8. The Hall–Kier alpha value is -5.08. The molecule has 2 N–H and O–H groups in total. The number of aromatic hydroxyl groups is 1. The number of nitrogens with zero attached hydrogens (tertiary/aromatic N) is 8. The van der Waals surface area contributed by atoms with Crippen LogP contribution in [0.5, 0.6) is 11.8 Å². The number of fused-ring (bicyclic) bond motifs is 4. The normalized spacial score (nSPS) is 22.6. The minimum atomic E-state index is -0.543. The summed E-state index contributed by atoms with van der Waals surface area (Å²) in [6, 6.07) is 12.4. The van der Waals surface area contributed by atoms with Gasteiger partial charge in [0.25, 0.3) is 0 Å². The smallest absolute Gasteiger partial charge is 0.319 e. The summed E-state index contributed by atoms with van der Waals surface area (Å²) in [4.78, 5) is 36.0. The van der Waals surface area contributed by atoms with Crippen molar-refractivity contribution in [2.75, 3.05) is 68.8 Å². The van der Waals surface area contributed by atoms with Crippen LogP contribution < -0.4 is 19.9 Å². The predicted octanol–water partition coefficient (Wildman–Crippen LogP) is 6.35. The molecule has 5 saturated heterocycles. The minimum absolute atomic E-state index is 0.0597. The van der Waals surface area contributed by atoms with Gasteiger partial charge < -0.3 is 34.4 Å². The molecule has 5 aliphatic heterocycles. The van der Waals surface area contributed by atoms with Crippen LogP contribution in [0.25, 0.3) is 32.9 Å². The number of hydrogen-bond donors (Lipinski definition) is 2. The highest BCUT2D eigenvalue weighted by Crippen LogP contribution is 2.39. The molecule has 3 aromatic heterocycles. The molecule has 316 valence electrons. The maximum absolute atomic E-state index is 17.0. The fraction of sp³-hybridized carbons (Fsp3) is 0.543. The van der Waals surface area contributed by atoms with Gasteiger partial charge >= 0.3 is 6.01 Å². The number of aryl methyl sites for hydroxylation is 1. The number of hydrogen-bond acceptors (Lipinski definition) is 12. The fourth-order valence-corrected chi connectivity index (χ4v) is 10.6. The molecule has 1 amide bonds. The van der Waals surface area contributed by atoms with Gasteiger partial charge in [-0.15, -0.1) is 0 Å². The Balaban J connectivity index is 0.775. The molecule has 0 aliphatic carbocycles. The highest BCUT2D eigenvalue weighted by Gasteiger charge is 2.35. The second-order valence-electron chi connectivity index (χ2n) is 18.0. The highest BCUT2D eigenvalue weighted by atomic mass is 19.1. The number of halogens is 1. The maximum atomic E-state index is 17.0. The van der Waals surface area contributed by atoms with E-state index in [2.05, 4.69) is 39.0 Å². The summed E-state index contributed by atoms with van der Waals surface area (Å²) in [5.74, 6) is 3.12. The van der Waals surface area contributed by atoms with Crippen molar-refractivity contribution >= 4 is 39.2 Å². The molecular formula is C46H56FN9O4. The summed E-state index contributed by atoms with van der Waals surface area (Å²) in [5, 5.41) is 20.9. The third-order valence-electron chi connectivity index (χ3n) is 13.9. The molecule has 5 aliphatic rings. The molecule has 13 nitrogen and oxygen atoms in total. The van der Waals surface area contributed by atoms with Crippen molar-refractivity contribution < 1.29 is 23.6 Å². The van der Waals surface area contributed by atoms with E-state index < -0.39 is 5.82 Å². The molecule has 8 heterocycles. The number of nitrogens with one attached hydrogen (secondary N) is 1. The summed E-state index contributed by atoms with van der Waals surface area (Å²) >= 11 is 0. The van der Waals surface area contributed by atoms with Gasteiger partial charge in [-0.25, -0.2) is 4.39 Å². The third-order valence-corrected chi connectivity index (χ3v) is 13.9. The average molecular weight is 818 g/mol. The van der Waals surface area contributed by atoms with Crippen LogP contribution in [0, 0.1) is 17.7 Å². The Morgan fingerprint density at radius 2 is 1.80 bits per heavy atom. The standard InChI is InChI=1S/C46H56FN9O4/c1-3-31-7-4-8-32-19-35(57)20-37(41(31)32)43-42(47)44-38(23-48-43)45(55-26-33-9-10-34(27-55)49-33)51-46(50-44)59-17-16-53-14-11-29(12-15-53)18-30-24-54(25-30)39-21-36(60-52-39)22-40(58)56-13-5-6-28(56)2/h4,7-8,19-21,23,28-30,33-34,49,57H,3,5-6,9-18,22,24-27H2,1-2H3. The second kappa shape index (κ2) is 16.4. The zero-order valence-corrected chi connectivity index (χ0v) is 34.8. The molecule has 0 saturated carbocycles. The van der Waals surface area contributed by atoms with Crippen molar-refractivity contribution in [2.45, 2.75) is 89.8 Å². The monoisotopic (exact) mass is 817 g/mol. The molecule has 5 aromatic rings. The summed E-state index contributed by atoms with van der Waals surface area (Å²) in [7, 11) is 0. The number of amides is 1. The lowest BCUT2D eigenvalue weighted by Gasteiger charge is -2.42. The molecule has 60 heavy (non-hydrogen) atoms. The summed E-state index contributed by atoms with van der Waals surface area (Å²) < 4.78 is 28.8. The number of aromatic nitrogens is 4. The highest BCUT2D eigenvalue weighted by molar-refractivity contribution is 6.01. The molecule has 10 rings (SSSR count). The zero-order chi connectivity index (χ0) is 40.9. The quantitative estimate of drug-likeness (QED) is 0.145. The Bertz CT molecular complexity index is 2370. The lowest BCUT2D eigenvalue weighted by molar-refractivity contribution is -0.131. The van der Waals surface area contributed by atoms with Gasteiger partial charge in [0.15, 0.2) is 11.6 Å². The maximum Gasteiger partial charge on any atom is 0.319 e. The molecule has 0 radical (unpaired) electrons. The molecule has 3 atom stereocenters. The van der Waals surface area contributed by atoms with Gasteiger partial charge in [0.05, 0.1) is 11.8 Å². The van der Waals surface area contributed by atoms with Crippen molar-refractivity contribution in [3.8, 4) is 23.0 Å². The Labute approximate surface area is 350 Å².